The highest BCUT2D eigenvalue weighted by atomic mass is 19.3. The minimum atomic E-state index is -3.10. The first-order valence-corrected chi connectivity index (χ1v) is 11.3. The van der Waals surface area contributed by atoms with Crippen LogP contribution in [0.4, 0.5) is 20.4 Å². The molecule has 0 bridgehead atoms. The Bertz CT molecular complexity index is 1470. The van der Waals surface area contributed by atoms with E-state index >= 15 is 0 Å². The second kappa shape index (κ2) is 7.69. The van der Waals surface area contributed by atoms with Crippen LogP contribution in [0.3, 0.4) is 0 Å². The number of aromatic nitrogens is 5. The zero-order valence-corrected chi connectivity index (χ0v) is 18.6. The van der Waals surface area contributed by atoms with Crippen molar-refractivity contribution in [2.24, 2.45) is 0 Å². The fraction of sp³-hybridized carbons (Fsp3) is 0.333. The van der Waals surface area contributed by atoms with Crippen LogP contribution >= 0.6 is 0 Å². The van der Waals surface area contributed by atoms with Crippen LogP contribution < -0.4 is 16.2 Å². The molecule has 0 unspecified atom stereocenters. The van der Waals surface area contributed by atoms with Gasteiger partial charge in [0.25, 0.3) is 11.5 Å². The van der Waals surface area contributed by atoms with Gasteiger partial charge in [-0.3, -0.25) is 9.78 Å². The standard InChI is InChI=1S/C24H23F2N7O/c1-24(25,26)20-11-18(7-9-28-20)32-21-19(22(34)33(32)17-4-5-17)13-29-23(31-21)30-16-3-2-14-6-8-27-12-15(14)10-16/h2-3,7,9-11,13,17,27H,4-6,8,12H2,1H3,(H,29,30,31). The van der Waals surface area contributed by atoms with Crippen molar-refractivity contribution in [3.05, 3.63) is 69.9 Å². The van der Waals surface area contributed by atoms with Gasteiger partial charge in [-0.15, -0.1) is 0 Å². The summed E-state index contributed by atoms with van der Waals surface area (Å²) in [4.78, 5) is 26.0. The fourth-order valence-corrected chi connectivity index (χ4v) is 4.44. The van der Waals surface area contributed by atoms with Gasteiger partial charge in [0.05, 0.1) is 11.7 Å². The molecule has 0 saturated heterocycles. The molecule has 174 valence electrons. The van der Waals surface area contributed by atoms with Gasteiger partial charge in [0.15, 0.2) is 5.65 Å². The Hall–Kier alpha value is -3.66. The highest BCUT2D eigenvalue weighted by Crippen LogP contribution is 2.36. The number of pyridine rings is 1. The van der Waals surface area contributed by atoms with Crippen molar-refractivity contribution in [2.75, 3.05) is 11.9 Å². The first-order valence-electron chi connectivity index (χ1n) is 11.3. The van der Waals surface area contributed by atoms with Gasteiger partial charge in [-0.1, -0.05) is 6.07 Å². The molecule has 3 aromatic heterocycles. The fourth-order valence-electron chi connectivity index (χ4n) is 4.44. The summed E-state index contributed by atoms with van der Waals surface area (Å²) >= 11 is 0. The Kier molecular flexibility index (Phi) is 4.73. The molecular weight excluding hydrogens is 440 g/mol. The first kappa shape index (κ1) is 20.9. The number of rotatable bonds is 5. The predicted octanol–water partition coefficient (Wildman–Crippen LogP) is 3.81. The molecule has 10 heteroatoms. The molecule has 4 heterocycles. The summed E-state index contributed by atoms with van der Waals surface area (Å²) in [5, 5.41) is 6.93. The van der Waals surface area contributed by atoms with Crippen molar-refractivity contribution < 1.29 is 8.78 Å². The minimum Gasteiger partial charge on any atom is -0.324 e. The maximum Gasteiger partial charge on any atom is 0.287 e. The molecule has 0 spiro atoms. The summed E-state index contributed by atoms with van der Waals surface area (Å²) < 4.78 is 31.2. The summed E-state index contributed by atoms with van der Waals surface area (Å²) in [5.74, 6) is -2.78. The molecule has 2 aliphatic rings. The molecule has 1 aliphatic carbocycles. The number of nitrogens with one attached hydrogen (secondary N) is 2. The Morgan fingerprint density at radius 2 is 2.00 bits per heavy atom. The summed E-state index contributed by atoms with van der Waals surface area (Å²) in [6.07, 6.45) is 5.51. The average molecular weight is 463 g/mol. The van der Waals surface area contributed by atoms with E-state index in [9.17, 15) is 13.6 Å². The Morgan fingerprint density at radius 3 is 2.79 bits per heavy atom. The number of nitrogens with zero attached hydrogens (tertiary/aromatic N) is 5. The second-order valence-electron chi connectivity index (χ2n) is 8.95. The van der Waals surface area contributed by atoms with Gasteiger partial charge < -0.3 is 10.6 Å². The number of halogens is 2. The van der Waals surface area contributed by atoms with Gasteiger partial charge in [0.2, 0.25) is 5.95 Å². The lowest BCUT2D eigenvalue weighted by Gasteiger charge is -2.18. The lowest BCUT2D eigenvalue weighted by Crippen LogP contribution is -2.23. The van der Waals surface area contributed by atoms with Gasteiger partial charge in [0.1, 0.15) is 11.1 Å². The van der Waals surface area contributed by atoms with Crippen LogP contribution in [-0.2, 0) is 18.9 Å². The van der Waals surface area contributed by atoms with Gasteiger partial charge in [0, 0.05) is 31.5 Å². The molecule has 1 aliphatic heterocycles. The van der Waals surface area contributed by atoms with E-state index in [2.05, 4.69) is 37.7 Å². The van der Waals surface area contributed by atoms with Gasteiger partial charge >= 0.3 is 0 Å². The third kappa shape index (κ3) is 3.63. The van der Waals surface area contributed by atoms with Crippen LogP contribution in [0.5, 0.6) is 0 Å². The van der Waals surface area contributed by atoms with E-state index in [0.717, 1.165) is 45.0 Å². The van der Waals surface area contributed by atoms with E-state index in [0.29, 0.717) is 22.7 Å². The van der Waals surface area contributed by atoms with Crippen LogP contribution in [0.25, 0.3) is 16.7 Å². The zero-order chi connectivity index (χ0) is 23.4. The van der Waals surface area contributed by atoms with Crippen LogP contribution in [0.15, 0.2) is 47.5 Å². The van der Waals surface area contributed by atoms with Crippen molar-refractivity contribution in [1.82, 2.24) is 29.6 Å². The molecule has 1 saturated carbocycles. The minimum absolute atomic E-state index is 0.00464. The van der Waals surface area contributed by atoms with Gasteiger partial charge in [-0.2, -0.15) is 13.8 Å². The second-order valence-corrected chi connectivity index (χ2v) is 8.95. The first-order chi connectivity index (χ1) is 16.4. The monoisotopic (exact) mass is 463 g/mol. The van der Waals surface area contributed by atoms with Gasteiger partial charge in [-0.25, -0.2) is 14.3 Å². The Labute approximate surface area is 193 Å². The van der Waals surface area contributed by atoms with Crippen LogP contribution in [0.1, 0.15) is 42.6 Å². The normalized spacial score (nSPS) is 16.0. The maximum absolute atomic E-state index is 14.0. The van der Waals surface area contributed by atoms with Crippen molar-refractivity contribution in [1.29, 1.82) is 0 Å². The molecule has 4 aromatic rings. The van der Waals surface area contributed by atoms with Crippen LogP contribution in [0.2, 0.25) is 0 Å². The largest absolute Gasteiger partial charge is 0.324 e. The number of alkyl halides is 2. The quantitative estimate of drug-likeness (QED) is 0.468. The molecule has 1 aromatic carbocycles. The summed E-state index contributed by atoms with van der Waals surface area (Å²) in [6.45, 7) is 2.58. The third-order valence-corrected chi connectivity index (χ3v) is 6.30. The topological polar surface area (TPSA) is 89.7 Å². The molecule has 8 nitrogen and oxygen atoms in total. The lowest BCUT2D eigenvalue weighted by molar-refractivity contribution is 0.0127. The number of hydrogen-bond donors (Lipinski definition) is 2. The number of hydrogen-bond acceptors (Lipinski definition) is 6. The average Bonchev–Trinajstić information content (AvgIpc) is 3.62. The van der Waals surface area contributed by atoms with E-state index in [4.69, 9.17) is 0 Å². The smallest absolute Gasteiger partial charge is 0.287 e. The molecule has 2 N–H and O–H groups in total. The molecule has 0 atom stereocenters. The van der Waals surface area contributed by atoms with Gasteiger partial charge in [-0.05, 0) is 61.2 Å². The molecule has 6 rings (SSSR count). The third-order valence-electron chi connectivity index (χ3n) is 6.30. The van der Waals surface area contributed by atoms with E-state index in [1.54, 1.807) is 15.4 Å². The maximum atomic E-state index is 14.0. The van der Waals surface area contributed by atoms with Crippen molar-refractivity contribution in [3.8, 4) is 5.69 Å². The van der Waals surface area contributed by atoms with E-state index in [1.165, 1.54) is 29.6 Å². The van der Waals surface area contributed by atoms with E-state index in [1.807, 2.05) is 6.07 Å². The highest BCUT2D eigenvalue weighted by Gasteiger charge is 2.32. The van der Waals surface area contributed by atoms with Crippen molar-refractivity contribution >= 4 is 22.7 Å². The Morgan fingerprint density at radius 1 is 1.15 bits per heavy atom. The number of anilines is 2. The summed E-state index contributed by atoms with van der Waals surface area (Å²) in [6, 6.07) is 9.07. The lowest BCUT2D eigenvalue weighted by atomic mass is 10.0. The molecule has 0 radical (unpaired) electrons. The number of benzene rings is 1. The Balaban J connectivity index is 1.46. The predicted molar refractivity (Wildman–Crippen MR) is 124 cm³/mol. The zero-order valence-electron chi connectivity index (χ0n) is 18.6. The summed E-state index contributed by atoms with van der Waals surface area (Å²) in [7, 11) is 0. The van der Waals surface area contributed by atoms with E-state index in [-0.39, 0.29) is 17.3 Å². The highest BCUT2D eigenvalue weighted by molar-refractivity contribution is 5.77. The number of fused-ring (bicyclic) bond motifs is 2. The van der Waals surface area contributed by atoms with E-state index < -0.39 is 5.92 Å². The molecule has 34 heavy (non-hydrogen) atoms. The molecular formula is C24H23F2N7O. The molecule has 1 fully saturated rings. The SMILES string of the molecule is CC(F)(F)c1cc(-n2c3nc(Nc4ccc5c(c4)CNCC5)ncc3c(=O)n2C2CC2)ccn1. The van der Waals surface area contributed by atoms with Crippen LogP contribution in [-0.4, -0.2) is 30.9 Å². The van der Waals surface area contributed by atoms with Crippen molar-refractivity contribution in [2.45, 2.75) is 44.7 Å². The summed E-state index contributed by atoms with van der Waals surface area (Å²) in [5.41, 5.74) is 3.56. The molecule has 0 amide bonds. The van der Waals surface area contributed by atoms with Crippen molar-refractivity contribution in [3.63, 3.8) is 0 Å². The van der Waals surface area contributed by atoms with Crippen LogP contribution in [0, 0.1) is 0 Å².